The average molecular weight is 418 g/mol. The van der Waals surface area contributed by atoms with Crippen LogP contribution in [0.5, 0.6) is 0 Å². The summed E-state index contributed by atoms with van der Waals surface area (Å²) in [5, 5.41) is 4.99. The third-order valence-electron chi connectivity index (χ3n) is 5.88. The minimum absolute atomic E-state index is 0.340. The van der Waals surface area contributed by atoms with Gasteiger partial charge in [-0.1, -0.05) is 13.0 Å². The number of aromatic nitrogens is 3. The van der Waals surface area contributed by atoms with Gasteiger partial charge in [0.2, 0.25) is 0 Å². The Bertz CT molecular complexity index is 1330. The molecule has 0 bridgehead atoms. The van der Waals surface area contributed by atoms with Crippen molar-refractivity contribution in [1.82, 2.24) is 19.7 Å². The van der Waals surface area contributed by atoms with Crippen molar-refractivity contribution in [3.05, 3.63) is 58.5 Å². The summed E-state index contributed by atoms with van der Waals surface area (Å²) in [5.41, 5.74) is 4.00. The Morgan fingerprint density at radius 1 is 1.13 bits per heavy atom. The van der Waals surface area contributed by atoms with Crippen LogP contribution in [-0.4, -0.2) is 39.5 Å². The maximum atomic E-state index is 12.9. The lowest BCUT2D eigenvalue weighted by Crippen LogP contribution is -2.54. The number of anilines is 1. The van der Waals surface area contributed by atoms with Gasteiger partial charge in [-0.05, 0) is 50.8 Å². The lowest BCUT2D eigenvalue weighted by molar-refractivity contribution is 0.407. The van der Waals surface area contributed by atoms with Crippen LogP contribution in [0.1, 0.15) is 32.2 Å². The highest BCUT2D eigenvalue weighted by molar-refractivity contribution is 5.87. The minimum atomic E-state index is -0.340. The molecule has 1 aliphatic heterocycles. The zero-order valence-electron chi connectivity index (χ0n) is 18.3. The van der Waals surface area contributed by atoms with Crippen LogP contribution in [-0.2, 0) is 6.42 Å². The Morgan fingerprint density at radius 3 is 2.65 bits per heavy atom. The zero-order chi connectivity index (χ0) is 21.7. The average Bonchev–Trinajstić information content (AvgIpc) is 3.16. The number of nitrogens with zero attached hydrogens (tertiary/aromatic N) is 4. The lowest BCUT2D eigenvalue weighted by atomic mass is 10.1. The molecule has 0 saturated carbocycles. The second-order valence-corrected chi connectivity index (χ2v) is 8.58. The van der Waals surface area contributed by atoms with Crippen LogP contribution in [0.15, 0.2) is 45.9 Å². The van der Waals surface area contributed by atoms with E-state index in [-0.39, 0.29) is 5.63 Å². The summed E-state index contributed by atoms with van der Waals surface area (Å²) in [6.45, 7) is 10.2. The molecular weight excluding hydrogens is 390 g/mol. The fourth-order valence-corrected chi connectivity index (χ4v) is 4.59. The first-order chi connectivity index (χ1) is 14.9. The Kier molecular flexibility index (Phi) is 4.78. The molecule has 1 N–H and O–H groups in total. The molecule has 0 radical (unpaired) electrons. The molecule has 1 saturated heterocycles. The molecule has 7 heteroatoms. The van der Waals surface area contributed by atoms with E-state index in [2.05, 4.69) is 42.0 Å². The number of piperazine rings is 1. The van der Waals surface area contributed by atoms with Crippen molar-refractivity contribution in [2.45, 2.75) is 46.2 Å². The summed E-state index contributed by atoms with van der Waals surface area (Å²) in [6.07, 6.45) is 4.62. The van der Waals surface area contributed by atoms with Gasteiger partial charge in [0, 0.05) is 43.3 Å². The van der Waals surface area contributed by atoms with Gasteiger partial charge < -0.3 is 19.0 Å². The standard InChI is InChI=1S/C24H27N5O2/c1-5-20-23-27-21(13-29(23)12-16(4)26-20)22-8-17-6-7-18(9-19(17)24(30)31-22)28-10-14(2)25-15(3)11-28/h6-9,12-15,25H,5,10-11H2,1-4H3/t14-,15+. The van der Waals surface area contributed by atoms with Crippen molar-refractivity contribution in [2.24, 2.45) is 0 Å². The molecule has 5 rings (SSSR count). The van der Waals surface area contributed by atoms with E-state index in [4.69, 9.17) is 9.40 Å². The van der Waals surface area contributed by atoms with Crippen LogP contribution in [0, 0.1) is 6.92 Å². The number of benzene rings is 1. The monoisotopic (exact) mass is 417 g/mol. The van der Waals surface area contributed by atoms with E-state index in [1.54, 1.807) is 0 Å². The van der Waals surface area contributed by atoms with Crippen molar-refractivity contribution in [2.75, 3.05) is 18.0 Å². The number of nitrogens with one attached hydrogen (secondary N) is 1. The predicted molar refractivity (Wildman–Crippen MR) is 123 cm³/mol. The third-order valence-corrected chi connectivity index (χ3v) is 5.88. The Labute approximate surface area is 180 Å². The van der Waals surface area contributed by atoms with Crippen LogP contribution >= 0.6 is 0 Å². The fraction of sp³-hybridized carbons (Fsp3) is 0.375. The molecule has 4 aromatic rings. The van der Waals surface area contributed by atoms with Crippen LogP contribution < -0.4 is 15.8 Å². The summed E-state index contributed by atoms with van der Waals surface area (Å²) in [6, 6.07) is 8.74. The molecule has 7 nitrogen and oxygen atoms in total. The maximum Gasteiger partial charge on any atom is 0.344 e. The molecule has 160 valence electrons. The molecule has 0 aliphatic carbocycles. The first-order valence-corrected chi connectivity index (χ1v) is 10.9. The van der Waals surface area contributed by atoms with Gasteiger partial charge in [0.25, 0.3) is 0 Å². The lowest BCUT2D eigenvalue weighted by Gasteiger charge is -2.37. The van der Waals surface area contributed by atoms with Crippen molar-refractivity contribution in [3.63, 3.8) is 0 Å². The van der Waals surface area contributed by atoms with E-state index >= 15 is 0 Å². The predicted octanol–water partition coefficient (Wildman–Crippen LogP) is 3.56. The number of imidazole rings is 1. The Balaban J connectivity index is 1.56. The molecule has 1 fully saturated rings. The summed E-state index contributed by atoms with van der Waals surface area (Å²) in [4.78, 5) is 24.5. The van der Waals surface area contributed by atoms with Crippen LogP contribution in [0.4, 0.5) is 5.69 Å². The van der Waals surface area contributed by atoms with Gasteiger partial charge in [-0.25, -0.2) is 9.78 Å². The van der Waals surface area contributed by atoms with Crippen LogP contribution in [0.3, 0.4) is 0 Å². The second-order valence-electron chi connectivity index (χ2n) is 8.58. The zero-order valence-corrected chi connectivity index (χ0v) is 18.3. The van der Waals surface area contributed by atoms with Crippen molar-refractivity contribution in [3.8, 4) is 11.5 Å². The van der Waals surface area contributed by atoms with Crippen molar-refractivity contribution < 1.29 is 4.42 Å². The van der Waals surface area contributed by atoms with E-state index in [9.17, 15) is 4.79 Å². The SMILES string of the molecule is CCc1nc(C)cn2cc(-c3cc4ccc(N5C[C@@H](C)N[C@@H](C)C5)cc4c(=O)o3)nc12. The number of fused-ring (bicyclic) bond motifs is 2. The van der Waals surface area contributed by atoms with E-state index in [0.717, 1.165) is 47.6 Å². The summed E-state index contributed by atoms with van der Waals surface area (Å²) in [7, 11) is 0. The normalized spacial score (nSPS) is 19.4. The van der Waals surface area contributed by atoms with Crippen molar-refractivity contribution in [1.29, 1.82) is 0 Å². The molecule has 0 unspecified atom stereocenters. The van der Waals surface area contributed by atoms with Gasteiger partial charge >= 0.3 is 5.63 Å². The smallest absolute Gasteiger partial charge is 0.344 e. The third kappa shape index (κ3) is 3.59. The highest BCUT2D eigenvalue weighted by Gasteiger charge is 2.22. The van der Waals surface area contributed by atoms with E-state index in [1.807, 2.05) is 41.9 Å². The van der Waals surface area contributed by atoms with Gasteiger partial charge in [0.15, 0.2) is 11.4 Å². The first-order valence-electron chi connectivity index (χ1n) is 10.9. The highest BCUT2D eigenvalue weighted by atomic mass is 16.4. The number of hydrogen-bond acceptors (Lipinski definition) is 6. The molecular formula is C24H27N5O2. The molecule has 1 aliphatic rings. The topological polar surface area (TPSA) is 75.7 Å². The van der Waals surface area contributed by atoms with Crippen LogP contribution in [0.2, 0.25) is 0 Å². The molecule has 3 aromatic heterocycles. The van der Waals surface area contributed by atoms with E-state index in [0.29, 0.717) is 28.9 Å². The summed E-state index contributed by atoms with van der Waals surface area (Å²) >= 11 is 0. The van der Waals surface area contributed by atoms with Gasteiger partial charge in [0.1, 0.15) is 5.69 Å². The van der Waals surface area contributed by atoms with Gasteiger partial charge in [-0.3, -0.25) is 4.98 Å². The largest absolute Gasteiger partial charge is 0.421 e. The first kappa shape index (κ1) is 19.8. The van der Waals surface area contributed by atoms with E-state index in [1.165, 1.54) is 0 Å². The minimum Gasteiger partial charge on any atom is -0.421 e. The quantitative estimate of drug-likeness (QED) is 0.549. The van der Waals surface area contributed by atoms with Crippen molar-refractivity contribution >= 4 is 22.1 Å². The second kappa shape index (κ2) is 7.50. The maximum absolute atomic E-state index is 12.9. The van der Waals surface area contributed by atoms with Gasteiger partial charge in [-0.2, -0.15) is 0 Å². The Hall–Kier alpha value is -3.19. The van der Waals surface area contributed by atoms with Gasteiger partial charge in [0.05, 0.1) is 16.8 Å². The fourth-order valence-electron chi connectivity index (χ4n) is 4.59. The summed E-state index contributed by atoms with van der Waals surface area (Å²) in [5.74, 6) is 0.470. The Morgan fingerprint density at radius 2 is 1.90 bits per heavy atom. The highest BCUT2D eigenvalue weighted by Crippen LogP contribution is 2.26. The molecule has 0 amide bonds. The van der Waals surface area contributed by atoms with Crippen LogP contribution in [0.25, 0.3) is 27.9 Å². The molecule has 0 spiro atoms. The molecule has 2 atom stereocenters. The number of hydrogen-bond donors (Lipinski definition) is 1. The molecule has 1 aromatic carbocycles. The van der Waals surface area contributed by atoms with Gasteiger partial charge in [-0.15, -0.1) is 0 Å². The number of rotatable bonds is 3. The number of aryl methyl sites for hydroxylation is 2. The molecule has 31 heavy (non-hydrogen) atoms. The summed E-state index contributed by atoms with van der Waals surface area (Å²) < 4.78 is 7.67. The molecule has 4 heterocycles. The van der Waals surface area contributed by atoms with E-state index < -0.39 is 0 Å².